The average Bonchev–Trinajstić information content (AvgIpc) is 2.75. The summed E-state index contributed by atoms with van der Waals surface area (Å²) < 4.78 is 7.55. The summed E-state index contributed by atoms with van der Waals surface area (Å²) in [5, 5.41) is 2.75. The fourth-order valence-corrected chi connectivity index (χ4v) is 2.47. The minimum absolute atomic E-state index is 0.427. The number of ether oxygens (including phenoxy) is 1. The quantitative estimate of drug-likeness (QED) is 0.889. The summed E-state index contributed by atoms with van der Waals surface area (Å²) in [5.41, 5.74) is 4.07. The summed E-state index contributed by atoms with van der Waals surface area (Å²) in [6.45, 7) is 10.8. The van der Waals surface area contributed by atoms with Crippen molar-refractivity contribution in [3.63, 3.8) is 0 Å². The highest BCUT2D eigenvalue weighted by atomic mass is 16.6. The summed E-state index contributed by atoms with van der Waals surface area (Å²) in [5.74, 6) is 0. The Bertz CT molecular complexity index is 644. The third kappa shape index (κ3) is 5.16. The first kappa shape index (κ1) is 17.1. The number of rotatable bonds is 4. The minimum Gasteiger partial charge on any atom is -0.444 e. The lowest BCUT2D eigenvalue weighted by Crippen LogP contribution is -2.27. The zero-order valence-electron chi connectivity index (χ0n) is 14.6. The van der Waals surface area contributed by atoms with Crippen LogP contribution in [0, 0.1) is 13.8 Å². The number of hydrogen-bond acceptors (Lipinski definition) is 2. The van der Waals surface area contributed by atoms with Crippen LogP contribution >= 0.6 is 0 Å². The van der Waals surface area contributed by atoms with E-state index in [1.54, 1.807) is 0 Å². The summed E-state index contributed by atoms with van der Waals surface area (Å²) in [4.78, 5) is 11.7. The SMILES string of the molecule is Cc1ccc(C)n1CCc1ccc(NC(=O)OC(C)(C)C)cc1. The molecule has 4 heteroatoms. The Morgan fingerprint density at radius 2 is 1.61 bits per heavy atom. The van der Waals surface area contributed by atoms with Crippen molar-refractivity contribution in [1.82, 2.24) is 4.57 Å². The van der Waals surface area contributed by atoms with Gasteiger partial charge in [0.05, 0.1) is 0 Å². The van der Waals surface area contributed by atoms with E-state index in [2.05, 4.69) is 35.9 Å². The summed E-state index contributed by atoms with van der Waals surface area (Å²) >= 11 is 0. The van der Waals surface area contributed by atoms with E-state index in [4.69, 9.17) is 4.74 Å². The second-order valence-corrected chi connectivity index (χ2v) is 6.84. The monoisotopic (exact) mass is 314 g/mol. The smallest absolute Gasteiger partial charge is 0.412 e. The highest BCUT2D eigenvalue weighted by molar-refractivity contribution is 5.84. The molecule has 1 N–H and O–H groups in total. The van der Waals surface area contributed by atoms with Gasteiger partial charge < -0.3 is 9.30 Å². The van der Waals surface area contributed by atoms with Crippen LogP contribution in [0.15, 0.2) is 36.4 Å². The molecule has 1 heterocycles. The maximum absolute atomic E-state index is 11.7. The van der Waals surface area contributed by atoms with Gasteiger partial charge in [-0.1, -0.05) is 12.1 Å². The number of nitrogens with zero attached hydrogens (tertiary/aromatic N) is 1. The molecule has 0 aliphatic rings. The minimum atomic E-state index is -0.490. The maximum atomic E-state index is 11.7. The molecule has 0 unspecified atom stereocenters. The predicted molar refractivity (Wildman–Crippen MR) is 93.9 cm³/mol. The lowest BCUT2D eigenvalue weighted by Gasteiger charge is -2.19. The highest BCUT2D eigenvalue weighted by Gasteiger charge is 2.16. The first-order valence-electron chi connectivity index (χ1n) is 7.96. The molecule has 0 aliphatic carbocycles. The van der Waals surface area contributed by atoms with Crippen LogP contribution in [0.3, 0.4) is 0 Å². The Balaban J connectivity index is 1.91. The van der Waals surface area contributed by atoms with Crippen LogP contribution in [-0.2, 0) is 17.7 Å². The van der Waals surface area contributed by atoms with Gasteiger partial charge in [-0.2, -0.15) is 0 Å². The Morgan fingerprint density at radius 1 is 1.04 bits per heavy atom. The van der Waals surface area contributed by atoms with Gasteiger partial charge in [0.25, 0.3) is 0 Å². The van der Waals surface area contributed by atoms with Gasteiger partial charge in [0, 0.05) is 23.6 Å². The number of aryl methyl sites for hydroxylation is 3. The average molecular weight is 314 g/mol. The maximum Gasteiger partial charge on any atom is 0.412 e. The molecule has 1 amide bonds. The molecule has 0 radical (unpaired) electrons. The fraction of sp³-hybridized carbons (Fsp3) is 0.421. The van der Waals surface area contributed by atoms with Crippen LogP contribution in [-0.4, -0.2) is 16.3 Å². The molecular formula is C19H26N2O2. The van der Waals surface area contributed by atoms with Crippen molar-refractivity contribution < 1.29 is 9.53 Å². The largest absolute Gasteiger partial charge is 0.444 e. The third-order valence-electron chi connectivity index (χ3n) is 3.64. The third-order valence-corrected chi connectivity index (χ3v) is 3.64. The van der Waals surface area contributed by atoms with E-state index >= 15 is 0 Å². The highest BCUT2D eigenvalue weighted by Crippen LogP contribution is 2.14. The van der Waals surface area contributed by atoms with E-state index in [1.165, 1.54) is 17.0 Å². The molecule has 0 aliphatic heterocycles. The van der Waals surface area contributed by atoms with Crippen LogP contribution in [0.5, 0.6) is 0 Å². The lowest BCUT2D eigenvalue weighted by atomic mass is 10.1. The number of aromatic nitrogens is 1. The van der Waals surface area contributed by atoms with E-state index in [0.29, 0.717) is 0 Å². The molecule has 0 saturated carbocycles. The summed E-state index contributed by atoms with van der Waals surface area (Å²) in [6.07, 6.45) is 0.534. The molecule has 4 nitrogen and oxygen atoms in total. The van der Waals surface area contributed by atoms with Crippen molar-refractivity contribution in [2.75, 3.05) is 5.32 Å². The Morgan fingerprint density at radius 3 is 2.13 bits per heavy atom. The van der Waals surface area contributed by atoms with Crippen molar-refractivity contribution >= 4 is 11.8 Å². The van der Waals surface area contributed by atoms with Crippen molar-refractivity contribution in [3.8, 4) is 0 Å². The van der Waals surface area contributed by atoms with Crippen LogP contribution in [0.1, 0.15) is 37.7 Å². The Kier molecular flexibility index (Phi) is 5.14. The zero-order valence-corrected chi connectivity index (χ0v) is 14.6. The first-order chi connectivity index (χ1) is 10.7. The standard InChI is InChI=1S/C19H26N2O2/c1-14-6-7-15(2)21(14)13-12-16-8-10-17(11-9-16)20-18(22)23-19(3,4)5/h6-11H,12-13H2,1-5H3,(H,20,22). The number of anilines is 1. The number of carbonyl (C=O) groups is 1. The number of carbonyl (C=O) groups excluding carboxylic acids is 1. The number of hydrogen-bond donors (Lipinski definition) is 1. The normalized spacial score (nSPS) is 11.3. The van der Waals surface area contributed by atoms with Gasteiger partial charge in [-0.25, -0.2) is 4.79 Å². The van der Waals surface area contributed by atoms with Crippen LogP contribution < -0.4 is 5.32 Å². The van der Waals surface area contributed by atoms with Crippen molar-refractivity contribution in [1.29, 1.82) is 0 Å². The lowest BCUT2D eigenvalue weighted by molar-refractivity contribution is 0.0636. The molecule has 0 spiro atoms. The van der Waals surface area contributed by atoms with Gasteiger partial charge in [0.2, 0.25) is 0 Å². The molecular weight excluding hydrogens is 288 g/mol. The molecule has 1 aromatic carbocycles. The van der Waals surface area contributed by atoms with Gasteiger partial charge in [0.15, 0.2) is 0 Å². The molecule has 0 fully saturated rings. The van der Waals surface area contributed by atoms with Gasteiger partial charge in [-0.05, 0) is 70.9 Å². The molecule has 23 heavy (non-hydrogen) atoms. The van der Waals surface area contributed by atoms with Crippen molar-refractivity contribution in [2.24, 2.45) is 0 Å². The Labute approximate surface area is 138 Å². The predicted octanol–water partition coefficient (Wildman–Crippen LogP) is 4.69. The van der Waals surface area contributed by atoms with Crippen molar-refractivity contribution in [3.05, 3.63) is 53.3 Å². The second-order valence-electron chi connectivity index (χ2n) is 6.84. The first-order valence-corrected chi connectivity index (χ1v) is 7.96. The van der Waals surface area contributed by atoms with Gasteiger partial charge in [-0.15, -0.1) is 0 Å². The van der Waals surface area contributed by atoms with Crippen LogP contribution in [0.4, 0.5) is 10.5 Å². The second kappa shape index (κ2) is 6.90. The van der Waals surface area contributed by atoms with Gasteiger partial charge >= 0.3 is 6.09 Å². The van der Waals surface area contributed by atoms with E-state index in [9.17, 15) is 4.79 Å². The zero-order chi connectivity index (χ0) is 17.0. The molecule has 124 valence electrons. The molecule has 1 aromatic heterocycles. The number of amides is 1. The van der Waals surface area contributed by atoms with E-state index in [1.807, 2.05) is 45.0 Å². The van der Waals surface area contributed by atoms with Crippen molar-refractivity contribution in [2.45, 2.75) is 53.2 Å². The molecule has 2 rings (SSSR count). The number of nitrogens with one attached hydrogen (secondary N) is 1. The summed E-state index contributed by atoms with van der Waals surface area (Å²) in [7, 11) is 0. The topological polar surface area (TPSA) is 43.3 Å². The van der Waals surface area contributed by atoms with Gasteiger partial charge in [0.1, 0.15) is 5.60 Å². The molecule has 0 saturated heterocycles. The fourth-order valence-electron chi connectivity index (χ4n) is 2.47. The van der Waals surface area contributed by atoms with Crippen LogP contribution in [0.2, 0.25) is 0 Å². The Hall–Kier alpha value is -2.23. The molecule has 0 bridgehead atoms. The van der Waals surface area contributed by atoms with E-state index in [-0.39, 0.29) is 0 Å². The van der Waals surface area contributed by atoms with E-state index < -0.39 is 11.7 Å². The molecule has 2 aromatic rings. The number of benzene rings is 1. The van der Waals surface area contributed by atoms with Crippen LogP contribution in [0.25, 0.3) is 0 Å². The summed E-state index contributed by atoms with van der Waals surface area (Å²) in [6, 6.07) is 12.2. The van der Waals surface area contributed by atoms with Gasteiger partial charge in [-0.3, -0.25) is 5.32 Å². The van der Waals surface area contributed by atoms with E-state index in [0.717, 1.165) is 18.7 Å². The molecule has 0 atom stereocenters.